The summed E-state index contributed by atoms with van der Waals surface area (Å²) in [7, 11) is 0. The lowest BCUT2D eigenvalue weighted by Crippen LogP contribution is -2.32. The molecule has 13 heavy (non-hydrogen) atoms. The molecule has 0 heterocycles. The van der Waals surface area contributed by atoms with Crippen molar-refractivity contribution in [3.63, 3.8) is 0 Å². The summed E-state index contributed by atoms with van der Waals surface area (Å²) in [5.41, 5.74) is 1.26. The highest BCUT2D eigenvalue weighted by Crippen LogP contribution is 2.08. The summed E-state index contributed by atoms with van der Waals surface area (Å²) in [5, 5.41) is 1.81. The summed E-state index contributed by atoms with van der Waals surface area (Å²) >= 11 is 0. The molecule has 0 rings (SSSR count). The highest BCUT2D eigenvalue weighted by atomic mass is 15.4. The second-order valence-electron chi connectivity index (χ2n) is 3.62. The zero-order chi connectivity index (χ0) is 10.1. The largest absolute Gasteiger partial charge is 0.269 e. The Kier molecular flexibility index (Phi) is 8.05. The minimum atomic E-state index is 0.850. The lowest BCUT2D eigenvalue weighted by Gasteiger charge is -2.15. The van der Waals surface area contributed by atoms with E-state index >= 15 is 0 Å². The fourth-order valence-electron chi connectivity index (χ4n) is 1.28. The van der Waals surface area contributed by atoms with Crippen LogP contribution in [0.2, 0.25) is 0 Å². The predicted molar refractivity (Wildman–Crippen MR) is 59.3 cm³/mol. The number of hydrogen-bond donors (Lipinski definition) is 1. The van der Waals surface area contributed by atoms with Crippen molar-refractivity contribution in [2.24, 2.45) is 5.84 Å². The molecule has 2 heteroatoms. The maximum absolute atomic E-state index is 5.68. The SMILES string of the molecule is C=C(CCCCCC)CN(N)CC. The van der Waals surface area contributed by atoms with Crippen molar-refractivity contribution in [1.29, 1.82) is 0 Å². The molecule has 0 unspecified atom stereocenters. The van der Waals surface area contributed by atoms with E-state index in [0.29, 0.717) is 0 Å². The first-order chi connectivity index (χ1) is 6.20. The van der Waals surface area contributed by atoms with Crippen LogP contribution in [0, 0.1) is 0 Å². The standard InChI is InChI=1S/C11H24N2/c1-4-6-7-8-9-11(3)10-13(12)5-2/h3-10,12H2,1-2H3. The Morgan fingerprint density at radius 3 is 2.46 bits per heavy atom. The Morgan fingerprint density at radius 2 is 1.92 bits per heavy atom. The minimum Gasteiger partial charge on any atom is -0.269 e. The molecule has 0 aliphatic heterocycles. The van der Waals surface area contributed by atoms with Crippen LogP contribution in [-0.4, -0.2) is 18.1 Å². The van der Waals surface area contributed by atoms with Crippen LogP contribution >= 0.6 is 0 Å². The monoisotopic (exact) mass is 184 g/mol. The first-order valence-corrected chi connectivity index (χ1v) is 5.37. The second kappa shape index (κ2) is 8.27. The van der Waals surface area contributed by atoms with Crippen LogP contribution in [0.3, 0.4) is 0 Å². The first-order valence-electron chi connectivity index (χ1n) is 5.37. The van der Waals surface area contributed by atoms with E-state index in [9.17, 15) is 0 Å². The molecule has 0 aromatic rings. The smallest absolute Gasteiger partial charge is 0.0336 e. The van der Waals surface area contributed by atoms with Crippen molar-refractivity contribution < 1.29 is 0 Å². The molecule has 2 nitrogen and oxygen atoms in total. The average Bonchev–Trinajstić information content (AvgIpc) is 2.12. The maximum atomic E-state index is 5.68. The lowest BCUT2D eigenvalue weighted by molar-refractivity contribution is 0.321. The summed E-state index contributed by atoms with van der Waals surface area (Å²) in [6, 6.07) is 0. The fourth-order valence-corrected chi connectivity index (χ4v) is 1.28. The van der Waals surface area contributed by atoms with Crippen LogP contribution in [-0.2, 0) is 0 Å². The molecule has 0 aliphatic rings. The maximum Gasteiger partial charge on any atom is 0.0336 e. The van der Waals surface area contributed by atoms with Crippen LogP contribution in [0.25, 0.3) is 0 Å². The molecule has 0 saturated heterocycles. The van der Waals surface area contributed by atoms with E-state index in [1.165, 1.54) is 31.3 Å². The molecule has 0 fully saturated rings. The van der Waals surface area contributed by atoms with Crippen LogP contribution < -0.4 is 5.84 Å². The van der Waals surface area contributed by atoms with Gasteiger partial charge in [0, 0.05) is 13.1 Å². The Balaban J connectivity index is 3.30. The minimum absolute atomic E-state index is 0.850. The normalized spacial score (nSPS) is 10.8. The third-order valence-electron chi connectivity index (χ3n) is 2.22. The van der Waals surface area contributed by atoms with E-state index in [0.717, 1.165) is 19.5 Å². The molecule has 78 valence electrons. The van der Waals surface area contributed by atoms with E-state index in [4.69, 9.17) is 5.84 Å². The summed E-state index contributed by atoms with van der Waals surface area (Å²) < 4.78 is 0. The van der Waals surface area contributed by atoms with Crippen LogP contribution in [0.5, 0.6) is 0 Å². The first kappa shape index (κ1) is 12.7. The molecule has 0 aromatic carbocycles. The van der Waals surface area contributed by atoms with Gasteiger partial charge in [-0.05, 0) is 12.8 Å². The number of likely N-dealkylation sites (N-methyl/N-ethyl adjacent to an activating group) is 1. The number of hydrogen-bond acceptors (Lipinski definition) is 2. The van der Waals surface area contributed by atoms with Gasteiger partial charge in [-0.1, -0.05) is 45.3 Å². The number of nitrogens with zero attached hydrogens (tertiary/aromatic N) is 1. The molecule has 0 radical (unpaired) electrons. The van der Waals surface area contributed by atoms with Gasteiger partial charge >= 0.3 is 0 Å². The van der Waals surface area contributed by atoms with Crippen LogP contribution in [0.1, 0.15) is 46.0 Å². The number of nitrogens with two attached hydrogens (primary N) is 1. The van der Waals surface area contributed by atoms with E-state index in [1.807, 2.05) is 5.01 Å². The van der Waals surface area contributed by atoms with Gasteiger partial charge in [-0.2, -0.15) is 0 Å². The van der Waals surface area contributed by atoms with Crippen molar-refractivity contribution in [3.8, 4) is 0 Å². The Morgan fingerprint density at radius 1 is 1.23 bits per heavy atom. The van der Waals surface area contributed by atoms with Crippen molar-refractivity contribution in [2.45, 2.75) is 46.0 Å². The second-order valence-corrected chi connectivity index (χ2v) is 3.62. The molecule has 0 spiro atoms. The zero-order valence-corrected chi connectivity index (χ0v) is 9.18. The van der Waals surface area contributed by atoms with E-state index in [1.54, 1.807) is 0 Å². The van der Waals surface area contributed by atoms with Crippen LogP contribution in [0.4, 0.5) is 0 Å². The van der Waals surface area contributed by atoms with Crippen molar-refractivity contribution in [3.05, 3.63) is 12.2 Å². The van der Waals surface area contributed by atoms with E-state index in [2.05, 4.69) is 20.4 Å². The van der Waals surface area contributed by atoms with E-state index in [-0.39, 0.29) is 0 Å². The van der Waals surface area contributed by atoms with Gasteiger partial charge in [0.05, 0.1) is 0 Å². The number of rotatable bonds is 8. The number of hydrazine groups is 1. The van der Waals surface area contributed by atoms with Gasteiger partial charge in [0.1, 0.15) is 0 Å². The van der Waals surface area contributed by atoms with Gasteiger partial charge < -0.3 is 0 Å². The van der Waals surface area contributed by atoms with Gasteiger partial charge in [0.25, 0.3) is 0 Å². The summed E-state index contributed by atoms with van der Waals surface area (Å²) in [5.74, 6) is 5.68. The molecule has 0 aromatic heterocycles. The number of unbranched alkanes of at least 4 members (excludes halogenated alkanes) is 3. The van der Waals surface area contributed by atoms with Gasteiger partial charge in [0.2, 0.25) is 0 Å². The Labute approximate surface area is 82.8 Å². The fraction of sp³-hybridized carbons (Fsp3) is 0.818. The molecule has 0 aliphatic carbocycles. The van der Waals surface area contributed by atoms with Gasteiger partial charge in [-0.25, -0.2) is 5.01 Å². The van der Waals surface area contributed by atoms with Gasteiger partial charge in [-0.15, -0.1) is 0 Å². The van der Waals surface area contributed by atoms with E-state index < -0.39 is 0 Å². The van der Waals surface area contributed by atoms with Crippen molar-refractivity contribution in [1.82, 2.24) is 5.01 Å². The third-order valence-corrected chi connectivity index (χ3v) is 2.22. The molecule has 2 N–H and O–H groups in total. The van der Waals surface area contributed by atoms with Gasteiger partial charge in [0.15, 0.2) is 0 Å². The topological polar surface area (TPSA) is 29.3 Å². The Bertz CT molecular complexity index is 132. The zero-order valence-electron chi connectivity index (χ0n) is 9.18. The third kappa shape index (κ3) is 8.00. The summed E-state index contributed by atoms with van der Waals surface area (Å²) in [4.78, 5) is 0. The van der Waals surface area contributed by atoms with Crippen molar-refractivity contribution >= 4 is 0 Å². The average molecular weight is 184 g/mol. The Hall–Kier alpha value is -0.340. The lowest BCUT2D eigenvalue weighted by atomic mass is 10.1. The highest BCUT2D eigenvalue weighted by molar-refractivity contribution is 4.96. The van der Waals surface area contributed by atoms with Crippen molar-refractivity contribution in [2.75, 3.05) is 13.1 Å². The molecule has 0 saturated carbocycles. The molecular formula is C11H24N2. The molecule has 0 atom stereocenters. The van der Waals surface area contributed by atoms with Gasteiger partial charge in [-0.3, -0.25) is 5.84 Å². The van der Waals surface area contributed by atoms with Crippen LogP contribution in [0.15, 0.2) is 12.2 Å². The molecular weight excluding hydrogens is 160 g/mol. The quantitative estimate of drug-likeness (QED) is 0.272. The molecule has 0 bridgehead atoms. The summed E-state index contributed by atoms with van der Waals surface area (Å²) in [6.07, 6.45) is 6.36. The summed E-state index contributed by atoms with van der Waals surface area (Å²) in [6.45, 7) is 10.1. The highest BCUT2D eigenvalue weighted by Gasteiger charge is 1.98. The molecule has 0 amide bonds. The predicted octanol–water partition coefficient (Wildman–Crippen LogP) is 2.71.